The van der Waals surface area contributed by atoms with E-state index >= 15 is 0 Å². The molecule has 4 nitrogen and oxygen atoms in total. The minimum absolute atomic E-state index is 0.373. The summed E-state index contributed by atoms with van der Waals surface area (Å²) in [6.07, 6.45) is 7.64. The number of carbonyl (C=O) groups is 1. The number of piperidine rings is 1. The molecule has 4 heteroatoms. The molecule has 2 aliphatic rings. The van der Waals surface area contributed by atoms with Gasteiger partial charge in [-0.05, 0) is 25.7 Å². The highest BCUT2D eigenvalue weighted by Crippen LogP contribution is 2.39. The summed E-state index contributed by atoms with van der Waals surface area (Å²) in [7, 11) is 0. The second kappa shape index (κ2) is 6.06. The molecule has 2 atom stereocenters. The number of fused-ring (bicyclic) bond motifs is 1. The van der Waals surface area contributed by atoms with E-state index in [-0.39, 0.29) is 0 Å². The van der Waals surface area contributed by atoms with Crippen molar-refractivity contribution in [3.05, 3.63) is 11.6 Å². The molecule has 0 aromatic carbocycles. The molecule has 0 bridgehead atoms. The average Bonchev–Trinajstić information content (AvgIpc) is 2.39. The van der Waals surface area contributed by atoms with Crippen molar-refractivity contribution in [2.24, 2.45) is 5.92 Å². The van der Waals surface area contributed by atoms with E-state index in [1.807, 2.05) is 13.0 Å². The van der Waals surface area contributed by atoms with Crippen LogP contribution < -0.4 is 0 Å². The minimum Gasteiger partial charge on any atom is -0.478 e. The largest absolute Gasteiger partial charge is 0.478 e. The van der Waals surface area contributed by atoms with Crippen molar-refractivity contribution in [1.82, 2.24) is 4.90 Å². The molecule has 0 aromatic rings. The Morgan fingerprint density at radius 2 is 2.21 bits per heavy atom. The van der Waals surface area contributed by atoms with Crippen molar-refractivity contribution in [1.29, 1.82) is 0 Å². The topological polar surface area (TPSA) is 60.8 Å². The second-order valence-corrected chi connectivity index (χ2v) is 5.94. The van der Waals surface area contributed by atoms with Crippen LogP contribution in [-0.4, -0.2) is 46.3 Å². The Bertz CT molecular complexity index is 366. The van der Waals surface area contributed by atoms with Gasteiger partial charge in [-0.25, -0.2) is 4.79 Å². The smallest absolute Gasteiger partial charge is 0.331 e. The van der Waals surface area contributed by atoms with Gasteiger partial charge in [0.2, 0.25) is 0 Å². The van der Waals surface area contributed by atoms with E-state index in [4.69, 9.17) is 5.11 Å². The monoisotopic (exact) mass is 267 g/mol. The summed E-state index contributed by atoms with van der Waals surface area (Å²) in [6, 6.07) is 0. The maximum Gasteiger partial charge on any atom is 0.331 e. The molecule has 1 saturated carbocycles. The fourth-order valence-corrected chi connectivity index (χ4v) is 3.43. The van der Waals surface area contributed by atoms with Crippen LogP contribution in [0.4, 0.5) is 0 Å². The van der Waals surface area contributed by atoms with E-state index in [2.05, 4.69) is 4.90 Å². The summed E-state index contributed by atoms with van der Waals surface area (Å²) in [5.74, 6) is -0.438. The first-order chi connectivity index (χ1) is 9.05. The number of hydrogen-bond acceptors (Lipinski definition) is 3. The Kier molecular flexibility index (Phi) is 4.63. The molecular weight excluding hydrogens is 242 g/mol. The molecule has 1 aliphatic carbocycles. The molecule has 19 heavy (non-hydrogen) atoms. The van der Waals surface area contributed by atoms with Crippen LogP contribution in [0, 0.1) is 5.92 Å². The average molecular weight is 267 g/mol. The van der Waals surface area contributed by atoms with Crippen molar-refractivity contribution in [2.45, 2.75) is 51.0 Å². The molecule has 0 spiro atoms. The Labute approximate surface area is 115 Å². The number of aliphatic hydroxyl groups is 1. The van der Waals surface area contributed by atoms with Gasteiger partial charge in [0, 0.05) is 31.1 Å². The first kappa shape index (κ1) is 14.5. The van der Waals surface area contributed by atoms with Crippen LogP contribution >= 0.6 is 0 Å². The zero-order valence-corrected chi connectivity index (χ0v) is 11.8. The summed E-state index contributed by atoms with van der Waals surface area (Å²) in [5, 5.41) is 19.6. The van der Waals surface area contributed by atoms with E-state index < -0.39 is 11.6 Å². The molecule has 2 rings (SSSR count). The lowest BCUT2D eigenvalue weighted by Crippen LogP contribution is -2.53. The third-order valence-electron chi connectivity index (χ3n) is 4.76. The Balaban J connectivity index is 1.92. The van der Waals surface area contributed by atoms with E-state index in [0.717, 1.165) is 38.8 Å². The SMILES string of the molecule is CCC(=CCN1CCC2(O)CCCCC2C1)C(=O)O. The van der Waals surface area contributed by atoms with Gasteiger partial charge in [-0.1, -0.05) is 25.8 Å². The zero-order valence-electron chi connectivity index (χ0n) is 11.8. The molecule has 0 amide bonds. The molecule has 0 radical (unpaired) electrons. The van der Waals surface area contributed by atoms with Gasteiger partial charge in [0.25, 0.3) is 0 Å². The molecule has 1 heterocycles. The first-order valence-electron chi connectivity index (χ1n) is 7.42. The normalized spacial score (nSPS) is 32.9. The highest BCUT2D eigenvalue weighted by molar-refractivity contribution is 5.86. The molecule has 108 valence electrons. The van der Waals surface area contributed by atoms with Gasteiger partial charge in [-0.15, -0.1) is 0 Å². The highest BCUT2D eigenvalue weighted by Gasteiger charge is 2.42. The number of likely N-dealkylation sites (tertiary alicyclic amines) is 1. The molecule has 1 saturated heterocycles. The van der Waals surface area contributed by atoms with E-state index in [0.29, 0.717) is 24.5 Å². The van der Waals surface area contributed by atoms with Crippen LogP contribution in [0.25, 0.3) is 0 Å². The van der Waals surface area contributed by atoms with Gasteiger partial charge in [0.05, 0.1) is 5.60 Å². The Morgan fingerprint density at radius 3 is 2.89 bits per heavy atom. The predicted octanol–water partition coefficient (Wildman–Crippen LogP) is 2.03. The van der Waals surface area contributed by atoms with Crippen LogP contribution in [0.1, 0.15) is 45.4 Å². The zero-order chi connectivity index (χ0) is 13.9. The molecule has 0 aromatic heterocycles. The van der Waals surface area contributed by atoms with Crippen LogP contribution in [0.2, 0.25) is 0 Å². The summed E-state index contributed by atoms with van der Waals surface area (Å²) >= 11 is 0. The minimum atomic E-state index is -0.811. The summed E-state index contributed by atoms with van der Waals surface area (Å²) in [5.41, 5.74) is 0.0447. The molecule has 2 fully saturated rings. The third kappa shape index (κ3) is 3.37. The van der Waals surface area contributed by atoms with Gasteiger partial charge in [-0.2, -0.15) is 0 Å². The maximum absolute atomic E-state index is 11.0. The number of hydrogen-bond donors (Lipinski definition) is 2. The van der Waals surface area contributed by atoms with Crippen LogP contribution in [0.15, 0.2) is 11.6 Å². The number of nitrogens with zero attached hydrogens (tertiary/aromatic N) is 1. The number of carboxylic acids is 1. The highest BCUT2D eigenvalue weighted by atomic mass is 16.4. The third-order valence-corrected chi connectivity index (χ3v) is 4.76. The van der Waals surface area contributed by atoms with Crippen molar-refractivity contribution >= 4 is 5.97 Å². The Hall–Kier alpha value is -0.870. The van der Waals surface area contributed by atoms with Gasteiger partial charge in [0.1, 0.15) is 0 Å². The van der Waals surface area contributed by atoms with Gasteiger partial charge >= 0.3 is 5.97 Å². The molecule has 2 N–H and O–H groups in total. The van der Waals surface area contributed by atoms with Gasteiger partial charge in [-0.3, -0.25) is 4.90 Å². The van der Waals surface area contributed by atoms with Crippen molar-refractivity contribution in [3.8, 4) is 0 Å². The fourth-order valence-electron chi connectivity index (χ4n) is 3.43. The number of carboxylic acid groups (broad SMARTS) is 1. The standard InChI is InChI=1S/C15H25NO3/c1-2-12(14(17)18)6-9-16-10-8-15(19)7-4-3-5-13(15)11-16/h6,13,19H,2-5,7-11H2,1H3,(H,17,18). The quantitative estimate of drug-likeness (QED) is 0.765. The van der Waals surface area contributed by atoms with Crippen LogP contribution in [-0.2, 0) is 4.79 Å². The van der Waals surface area contributed by atoms with Gasteiger partial charge in [0.15, 0.2) is 0 Å². The summed E-state index contributed by atoms with van der Waals surface area (Å²) < 4.78 is 0. The van der Waals surface area contributed by atoms with Crippen molar-refractivity contribution < 1.29 is 15.0 Å². The van der Waals surface area contributed by atoms with E-state index in [1.54, 1.807) is 0 Å². The first-order valence-corrected chi connectivity index (χ1v) is 7.42. The lowest BCUT2D eigenvalue weighted by molar-refractivity contribution is -0.132. The molecular formula is C15H25NO3. The second-order valence-electron chi connectivity index (χ2n) is 5.94. The van der Waals surface area contributed by atoms with Crippen LogP contribution in [0.5, 0.6) is 0 Å². The summed E-state index contributed by atoms with van der Waals surface area (Å²) in [4.78, 5) is 13.2. The Morgan fingerprint density at radius 1 is 1.42 bits per heavy atom. The van der Waals surface area contributed by atoms with Gasteiger partial charge < -0.3 is 10.2 Å². The molecule has 2 unspecified atom stereocenters. The lowest BCUT2D eigenvalue weighted by atomic mass is 9.71. The number of rotatable bonds is 4. The van der Waals surface area contributed by atoms with E-state index in [1.165, 1.54) is 6.42 Å². The van der Waals surface area contributed by atoms with E-state index in [9.17, 15) is 9.90 Å². The maximum atomic E-state index is 11.0. The van der Waals surface area contributed by atoms with Crippen LogP contribution in [0.3, 0.4) is 0 Å². The lowest BCUT2D eigenvalue weighted by Gasteiger charge is -2.47. The summed E-state index contributed by atoms with van der Waals surface area (Å²) in [6.45, 7) is 4.35. The fraction of sp³-hybridized carbons (Fsp3) is 0.800. The van der Waals surface area contributed by atoms with Crippen molar-refractivity contribution in [2.75, 3.05) is 19.6 Å². The molecule has 1 aliphatic heterocycles. The predicted molar refractivity (Wildman–Crippen MR) is 74.0 cm³/mol. The van der Waals surface area contributed by atoms with Crippen molar-refractivity contribution in [3.63, 3.8) is 0 Å². The number of aliphatic carboxylic acids is 1.